The van der Waals surface area contributed by atoms with E-state index in [1.807, 2.05) is 37.3 Å². The molecule has 1 atom stereocenters. The molecule has 0 amide bonds. The largest absolute Gasteiger partial charge is 0.496 e. The van der Waals surface area contributed by atoms with Crippen molar-refractivity contribution in [3.63, 3.8) is 0 Å². The van der Waals surface area contributed by atoms with Gasteiger partial charge in [-0.05, 0) is 42.3 Å². The van der Waals surface area contributed by atoms with Gasteiger partial charge < -0.3 is 9.84 Å². The zero-order valence-corrected chi connectivity index (χ0v) is 13.0. The van der Waals surface area contributed by atoms with Crippen molar-refractivity contribution in [2.45, 2.75) is 13.0 Å². The summed E-state index contributed by atoms with van der Waals surface area (Å²) in [4.78, 5) is 0. The summed E-state index contributed by atoms with van der Waals surface area (Å²) in [5, 5.41) is 10.9. The summed E-state index contributed by atoms with van der Waals surface area (Å²) in [5.41, 5.74) is 2.46. The van der Waals surface area contributed by atoms with Crippen LogP contribution in [0.1, 0.15) is 22.8 Å². The fourth-order valence-corrected chi connectivity index (χ4v) is 2.75. The number of hydrogen-bond acceptors (Lipinski definition) is 2. The maximum atomic E-state index is 10.4. The lowest BCUT2D eigenvalue weighted by Gasteiger charge is -2.15. The highest BCUT2D eigenvalue weighted by Crippen LogP contribution is 2.32. The van der Waals surface area contributed by atoms with E-state index in [1.165, 1.54) is 0 Å². The molecule has 0 aromatic heterocycles. The minimum absolute atomic E-state index is 0.537. The Kier molecular flexibility index (Phi) is 4.50. The molecule has 2 aromatic carbocycles. The summed E-state index contributed by atoms with van der Waals surface area (Å²) in [6.45, 7) is 1.94. The molecular formula is C15H14BrClO2. The van der Waals surface area contributed by atoms with Crippen molar-refractivity contribution in [3.8, 4) is 5.75 Å². The lowest BCUT2D eigenvalue weighted by molar-refractivity contribution is 0.220. The fraction of sp³-hybridized carbons (Fsp3) is 0.200. The summed E-state index contributed by atoms with van der Waals surface area (Å²) >= 11 is 9.51. The van der Waals surface area contributed by atoms with Crippen molar-refractivity contribution in [2.24, 2.45) is 0 Å². The topological polar surface area (TPSA) is 29.5 Å². The number of halogens is 2. The third-order valence-electron chi connectivity index (χ3n) is 2.99. The number of benzene rings is 2. The summed E-state index contributed by atoms with van der Waals surface area (Å²) < 4.78 is 6.10. The molecule has 2 rings (SSSR count). The van der Waals surface area contributed by atoms with E-state index in [2.05, 4.69) is 15.9 Å². The van der Waals surface area contributed by atoms with Gasteiger partial charge in [-0.25, -0.2) is 0 Å². The van der Waals surface area contributed by atoms with Crippen molar-refractivity contribution in [3.05, 3.63) is 62.6 Å². The number of hydrogen-bond donors (Lipinski definition) is 1. The molecule has 2 nitrogen and oxygen atoms in total. The zero-order chi connectivity index (χ0) is 14.0. The van der Waals surface area contributed by atoms with Crippen LogP contribution in [-0.2, 0) is 0 Å². The van der Waals surface area contributed by atoms with Crippen LogP contribution in [0.25, 0.3) is 0 Å². The van der Waals surface area contributed by atoms with E-state index >= 15 is 0 Å². The van der Waals surface area contributed by atoms with Crippen LogP contribution in [-0.4, -0.2) is 12.2 Å². The van der Waals surface area contributed by atoms with Gasteiger partial charge in [0.2, 0.25) is 0 Å². The second-order valence-corrected chi connectivity index (χ2v) is 5.62. The molecule has 100 valence electrons. The Bertz CT molecular complexity index is 599. The molecule has 19 heavy (non-hydrogen) atoms. The minimum atomic E-state index is -0.745. The fourth-order valence-electron chi connectivity index (χ4n) is 1.97. The van der Waals surface area contributed by atoms with Gasteiger partial charge in [-0.2, -0.15) is 0 Å². The molecular weight excluding hydrogens is 328 g/mol. The third kappa shape index (κ3) is 3.11. The van der Waals surface area contributed by atoms with Gasteiger partial charge in [0, 0.05) is 15.1 Å². The lowest BCUT2D eigenvalue weighted by atomic mass is 9.99. The van der Waals surface area contributed by atoms with Crippen LogP contribution in [0.2, 0.25) is 5.02 Å². The Morgan fingerprint density at radius 2 is 1.95 bits per heavy atom. The van der Waals surface area contributed by atoms with Crippen LogP contribution in [0.4, 0.5) is 0 Å². The number of aryl methyl sites for hydroxylation is 1. The average molecular weight is 342 g/mol. The minimum Gasteiger partial charge on any atom is -0.496 e. The van der Waals surface area contributed by atoms with Gasteiger partial charge in [0.05, 0.1) is 7.11 Å². The third-order valence-corrected chi connectivity index (χ3v) is 3.81. The normalized spacial score (nSPS) is 12.3. The van der Waals surface area contributed by atoms with Gasteiger partial charge in [-0.15, -0.1) is 0 Å². The Morgan fingerprint density at radius 3 is 2.53 bits per heavy atom. The van der Waals surface area contributed by atoms with Crippen molar-refractivity contribution in [2.75, 3.05) is 7.11 Å². The molecule has 0 heterocycles. The van der Waals surface area contributed by atoms with Crippen molar-refractivity contribution in [1.82, 2.24) is 0 Å². The van der Waals surface area contributed by atoms with E-state index in [0.717, 1.165) is 21.3 Å². The van der Waals surface area contributed by atoms with Crippen LogP contribution >= 0.6 is 27.5 Å². The molecule has 2 aromatic rings. The Morgan fingerprint density at radius 1 is 1.21 bits per heavy atom. The standard InChI is InChI=1S/C15H14BrClO2/c1-9-7-10(3-6-14(9)19-2)15(18)12-5-4-11(16)8-13(12)17/h3-8,15,18H,1-2H3. The summed E-state index contributed by atoms with van der Waals surface area (Å²) in [5.74, 6) is 0.804. The smallest absolute Gasteiger partial charge is 0.121 e. The number of aliphatic hydroxyl groups excluding tert-OH is 1. The van der Waals surface area contributed by atoms with Crippen LogP contribution in [0.15, 0.2) is 40.9 Å². The Balaban J connectivity index is 2.38. The highest BCUT2D eigenvalue weighted by molar-refractivity contribution is 9.10. The lowest BCUT2D eigenvalue weighted by Crippen LogP contribution is -2.01. The maximum absolute atomic E-state index is 10.4. The first-order valence-electron chi connectivity index (χ1n) is 5.80. The predicted molar refractivity (Wildman–Crippen MR) is 80.9 cm³/mol. The van der Waals surface area contributed by atoms with Crippen LogP contribution in [0.5, 0.6) is 5.75 Å². The van der Waals surface area contributed by atoms with E-state index in [4.69, 9.17) is 16.3 Å². The van der Waals surface area contributed by atoms with Gasteiger partial charge in [0.25, 0.3) is 0 Å². The van der Waals surface area contributed by atoms with Crippen LogP contribution in [0.3, 0.4) is 0 Å². The van der Waals surface area contributed by atoms with E-state index in [9.17, 15) is 5.11 Å². The number of rotatable bonds is 3. The second kappa shape index (κ2) is 5.95. The van der Waals surface area contributed by atoms with Gasteiger partial charge in [-0.1, -0.05) is 39.7 Å². The molecule has 0 saturated heterocycles. The van der Waals surface area contributed by atoms with E-state index < -0.39 is 6.10 Å². The molecule has 0 aliphatic rings. The first-order valence-corrected chi connectivity index (χ1v) is 6.97. The number of aliphatic hydroxyl groups is 1. The SMILES string of the molecule is COc1ccc(C(O)c2ccc(Br)cc2Cl)cc1C. The zero-order valence-electron chi connectivity index (χ0n) is 10.7. The van der Waals surface area contributed by atoms with Gasteiger partial charge in [-0.3, -0.25) is 0 Å². The number of ether oxygens (including phenoxy) is 1. The first kappa shape index (κ1) is 14.4. The average Bonchev–Trinajstić information content (AvgIpc) is 2.38. The Labute approximate surface area is 126 Å². The predicted octanol–water partition coefficient (Wildman–Crippen LogP) is 4.50. The van der Waals surface area contributed by atoms with E-state index in [1.54, 1.807) is 13.2 Å². The summed E-state index contributed by atoms with van der Waals surface area (Å²) in [6.07, 6.45) is -0.745. The molecule has 0 fully saturated rings. The molecule has 0 aliphatic heterocycles. The summed E-state index contributed by atoms with van der Waals surface area (Å²) in [6, 6.07) is 11.0. The molecule has 0 saturated carbocycles. The van der Waals surface area contributed by atoms with Crippen molar-refractivity contribution in [1.29, 1.82) is 0 Å². The van der Waals surface area contributed by atoms with Crippen LogP contribution in [0, 0.1) is 6.92 Å². The summed E-state index contributed by atoms with van der Waals surface area (Å²) in [7, 11) is 1.63. The van der Waals surface area contributed by atoms with Crippen LogP contribution < -0.4 is 4.74 Å². The molecule has 1 unspecified atom stereocenters. The quantitative estimate of drug-likeness (QED) is 0.890. The first-order chi connectivity index (χ1) is 9.02. The van der Waals surface area contributed by atoms with Crippen molar-refractivity contribution >= 4 is 27.5 Å². The van der Waals surface area contributed by atoms with E-state index in [0.29, 0.717) is 10.6 Å². The molecule has 4 heteroatoms. The van der Waals surface area contributed by atoms with Crippen molar-refractivity contribution < 1.29 is 9.84 Å². The maximum Gasteiger partial charge on any atom is 0.121 e. The molecule has 0 bridgehead atoms. The van der Waals surface area contributed by atoms with E-state index in [-0.39, 0.29) is 0 Å². The van der Waals surface area contributed by atoms with Gasteiger partial charge >= 0.3 is 0 Å². The highest BCUT2D eigenvalue weighted by atomic mass is 79.9. The second-order valence-electron chi connectivity index (χ2n) is 4.30. The Hall–Kier alpha value is -1.03. The molecule has 0 radical (unpaired) electrons. The van der Waals surface area contributed by atoms with Gasteiger partial charge in [0.1, 0.15) is 11.9 Å². The van der Waals surface area contributed by atoms with Gasteiger partial charge in [0.15, 0.2) is 0 Å². The molecule has 0 aliphatic carbocycles. The monoisotopic (exact) mass is 340 g/mol. The highest BCUT2D eigenvalue weighted by Gasteiger charge is 2.15. The number of methoxy groups -OCH3 is 1. The molecule has 1 N–H and O–H groups in total. The molecule has 0 spiro atoms.